The Morgan fingerprint density at radius 2 is 2.16 bits per heavy atom. The number of ether oxygens (including phenoxy) is 1. The van der Waals surface area contributed by atoms with E-state index in [-0.39, 0.29) is 0 Å². The minimum atomic E-state index is 0.305. The molecule has 0 radical (unpaired) electrons. The van der Waals surface area contributed by atoms with Crippen LogP contribution < -0.4 is 5.32 Å². The summed E-state index contributed by atoms with van der Waals surface area (Å²) in [5.74, 6) is 1.33. The van der Waals surface area contributed by atoms with Crippen LogP contribution in [0.3, 0.4) is 0 Å². The van der Waals surface area contributed by atoms with Crippen LogP contribution in [-0.4, -0.2) is 19.8 Å². The first-order valence-electron chi connectivity index (χ1n) is 7.49. The Hall–Kier alpha value is -0.860. The maximum atomic E-state index is 5.93. The van der Waals surface area contributed by atoms with Crippen LogP contribution in [0.2, 0.25) is 0 Å². The molecule has 1 aromatic carbocycles. The summed E-state index contributed by atoms with van der Waals surface area (Å²) in [6.07, 6.45) is 2.62. The molecule has 0 bridgehead atoms. The summed E-state index contributed by atoms with van der Waals surface area (Å²) >= 11 is 0. The van der Waals surface area contributed by atoms with Crippen LogP contribution in [0.15, 0.2) is 24.3 Å². The van der Waals surface area contributed by atoms with E-state index >= 15 is 0 Å². The quantitative estimate of drug-likeness (QED) is 0.875. The number of rotatable bonds is 5. The predicted octanol–water partition coefficient (Wildman–Crippen LogP) is 3.57. The van der Waals surface area contributed by atoms with E-state index in [0.717, 1.165) is 13.0 Å². The number of benzene rings is 1. The number of hydrogen-bond acceptors (Lipinski definition) is 2. The largest absolute Gasteiger partial charge is 0.376 e. The third-order valence-corrected chi connectivity index (χ3v) is 4.04. The van der Waals surface area contributed by atoms with Crippen LogP contribution in [0.25, 0.3) is 0 Å². The highest BCUT2D eigenvalue weighted by atomic mass is 16.5. The molecule has 0 aliphatic carbocycles. The second kappa shape index (κ2) is 6.53. The first kappa shape index (κ1) is 14.5. The Labute approximate surface area is 117 Å². The number of likely N-dealkylation sites (N-methyl/N-ethyl adjacent to an activating group) is 1. The van der Waals surface area contributed by atoms with Gasteiger partial charge in [-0.1, -0.05) is 45.0 Å². The van der Waals surface area contributed by atoms with E-state index in [1.165, 1.54) is 17.5 Å². The van der Waals surface area contributed by atoms with E-state index in [0.29, 0.717) is 24.0 Å². The van der Waals surface area contributed by atoms with Crippen molar-refractivity contribution in [3.05, 3.63) is 35.4 Å². The maximum Gasteiger partial charge on any atom is 0.0795 e. The zero-order chi connectivity index (χ0) is 13.8. The summed E-state index contributed by atoms with van der Waals surface area (Å²) in [4.78, 5) is 0. The van der Waals surface area contributed by atoms with Gasteiger partial charge in [-0.3, -0.25) is 0 Å². The molecule has 0 aromatic heterocycles. The Morgan fingerprint density at radius 1 is 1.37 bits per heavy atom. The second-order valence-corrected chi connectivity index (χ2v) is 6.21. The molecule has 2 heteroatoms. The van der Waals surface area contributed by atoms with E-state index in [2.05, 4.69) is 50.4 Å². The SMILES string of the molecule is CNC(c1cccc(CC(C)C)c1)C1OCCC1C. The third-order valence-electron chi connectivity index (χ3n) is 4.04. The molecule has 106 valence electrons. The van der Waals surface area contributed by atoms with Crippen LogP contribution in [0.5, 0.6) is 0 Å². The van der Waals surface area contributed by atoms with Crippen molar-refractivity contribution in [2.24, 2.45) is 11.8 Å². The molecule has 1 aromatic rings. The standard InChI is InChI=1S/C17H27NO/c1-12(2)10-14-6-5-7-15(11-14)16(18-4)17-13(3)8-9-19-17/h5-7,11-13,16-18H,8-10H2,1-4H3. The molecule has 1 fully saturated rings. The fourth-order valence-electron chi connectivity index (χ4n) is 3.05. The van der Waals surface area contributed by atoms with Crippen LogP contribution in [0, 0.1) is 11.8 Å². The van der Waals surface area contributed by atoms with Gasteiger partial charge in [0.25, 0.3) is 0 Å². The summed E-state index contributed by atoms with van der Waals surface area (Å²) in [6, 6.07) is 9.28. The molecular weight excluding hydrogens is 234 g/mol. The molecule has 1 aliphatic rings. The average Bonchev–Trinajstić information content (AvgIpc) is 2.77. The average molecular weight is 261 g/mol. The molecule has 1 heterocycles. The molecule has 0 spiro atoms. The second-order valence-electron chi connectivity index (χ2n) is 6.21. The maximum absolute atomic E-state index is 5.93. The molecule has 1 saturated heterocycles. The van der Waals surface area contributed by atoms with Gasteiger partial charge in [0.1, 0.15) is 0 Å². The fourth-order valence-corrected chi connectivity index (χ4v) is 3.05. The molecular formula is C17H27NO. The van der Waals surface area contributed by atoms with Gasteiger partial charge in [-0.15, -0.1) is 0 Å². The third kappa shape index (κ3) is 3.58. The van der Waals surface area contributed by atoms with Gasteiger partial charge in [-0.25, -0.2) is 0 Å². The van der Waals surface area contributed by atoms with E-state index in [1.54, 1.807) is 0 Å². The van der Waals surface area contributed by atoms with Crippen molar-refractivity contribution in [3.8, 4) is 0 Å². The van der Waals surface area contributed by atoms with E-state index in [9.17, 15) is 0 Å². The van der Waals surface area contributed by atoms with Crippen molar-refractivity contribution in [1.82, 2.24) is 5.32 Å². The number of nitrogens with one attached hydrogen (secondary N) is 1. The van der Waals surface area contributed by atoms with Crippen LogP contribution in [-0.2, 0) is 11.2 Å². The molecule has 3 atom stereocenters. The van der Waals surface area contributed by atoms with Gasteiger partial charge in [-0.2, -0.15) is 0 Å². The summed E-state index contributed by atoms with van der Waals surface area (Å²) in [6.45, 7) is 7.73. The highest BCUT2D eigenvalue weighted by Gasteiger charge is 2.32. The molecule has 19 heavy (non-hydrogen) atoms. The van der Waals surface area contributed by atoms with E-state index in [1.807, 2.05) is 7.05 Å². The highest BCUT2D eigenvalue weighted by Crippen LogP contribution is 2.31. The van der Waals surface area contributed by atoms with Gasteiger partial charge in [0, 0.05) is 6.61 Å². The normalized spacial score (nSPS) is 24.9. The van der Waals surface area contributed by atoms with Crippen molar-refractivity contribution in [1.29, 1.82) is 0 Å². The van der Waals surface area contributed by atoms with Gasteiger partial charge in [-0.05, 0) is 42.9 Å². The minimum Gasteiger partial charge on any atom is -0.376 e. The molecule has 1 aliphatic heterocycles. The first-order chi connectivity index (χ1) is 9.11. The molecule has 2 rings (SSSR count). The molecule has 3 unspecified atom stereocenters. The Bertz CT molecular complexity index is 402. The van der Waals surface area contributed by atoms with Gasteiger partial charge < -0.3 is 10.1 Å². The summed E-state index contributed by atoms with van der Waals surface area (Å²) in [5.41, 5.74) is 2.79. The van der Waals surface area contributed by atoms with Gasteiger partial charge in [0.2, 0.25) is 0 Å². The molecule has 0 amide bonds. The minimum absolute atomic E-state index is 0.305. The Kier molecular flexibility index (Phi) is 5.00. The first-order valence-corrected chi connectivity index (χ1v) is 7.49. The van der Waals surface area contributed by atoms with Gasteiger partial charge >= 0.3 is 0 Å². The van der Waals surface area contributed by atoms with Crippen molar-refractivity contribution in [2.75, 3.05) is 13.7 Å². The smallest absolute Gasteiger partial charge is 0.0795 e. The Balaban J connectivity index is 2.18. The molecule has 2 nitrogen and oxygen atoms in total. The zero-order valence-corrected chi connectivity index (χ0v) is 12.6. The van der Waals surface area contributed by atoms with E-state index < -0.39 is 0 Å². The number of hydrogen-bond donors (Lipinski definition) is 1. The van der Waals surface area contributed by atoms with Crippen LogP contribution in [0.4, 0.5) is 0 Å². The monoisotopic (exact) mass is 261 g/mol. The fraction of sp³-hybridized carbons (Fsp3) is 0.647. The topological polar surface area (TPSA) is 21.3 Å². The van der Waals surface area contributed by atoms with Crippen LogP contribution >= 0.6 is 0 Å². The summed E-state index contributed by atoms with van der Waals surface area (Å²) in [7, 11) is 2.04. The van der Waals surface area contributed by atoms with E-state index in [4.69, 9.17) is 4.74 Å². The van der Waals surface area contributed by atoms with Crippen molar-refractivity contribution in [2.45, 2.75) is 45.8 Å². The lowest BCUT2D eigenvalue weighted by molar-refractivity contribution is 0.0631. The highest BCUT2D eigenvalue weighted by molar-refractivity contribution is 5.27. The lowest BCUT2D eigenvalue weighted by atomic mass is 9.91. The predicted molar refractivity (Wildman–Crippen MR) is 80.3 cm³/mol. The Morgan fingerprint density at radius 3 is 2.74 bits per heavy atom. The van der Waals surface area contributed by atoms with Crippen molar-refractivity contribution in [3.63, 3.8) is 0 Å². The molecule has 1 N–H and O–H groups in total. The lowest BCUT2D eigenvalue weighted by Crippen LogP contribution is -2.32. The van der Waals surface area contributed by atoms with Crippen molar-refractivity contribution >= 4 is 0 Å². The zero-order valence-electron chi connectivity index (χ0n) is 12.6. The van der Waals surface area contributed by atoms with Gasteiger partial charge in [0.15, 0.2) is 0 Å². The van der Waals surface area contributed by atoms with Gasteiger partial charge in [0.05, 0.1) is 12.1 Å². The van der Waals surface area contributed by atoms with Crippen LogP contribution in [0.1, 0.15) is 44.4 Å². The lowest BCUT2D eigenvalue weighted by Gasteiger charge is -2.26. The summed E-state index contributed by atoms with van der Waals surface area (Å²) < 4.78 is 5.93. The molecule has 0 saturated carbocycles. The summed E-state index contributed by atoms with van der Waals surface area (Å²) in [5, 5.41) is 3.45. The van der Waals surface area contributed by atoms with Crippen molar-refractivity contribution < 1.29 is 4.74 Å².